The van der Waals surface area contributed by atoms with Gasteiger partial charge < -0.3 is 15.5 Å². The number of hydrogen-bond acceptors (Lipinski definition) is 3. The van der Waals surface area contributed by atoms with Crippen LogP contribution in [0.5, 0.6) is 0 Å². The number of allylic oxidation sites excluding steroid dienone is 4. The maximum atomic E-state index is 9.45. The van der Waals surface area contributed by atoms with Crippen molar-refractivity contribution in [3.05, 3.63) is 96.1 Å². The highest BCUT2D eigenvalue weighted by atomic mass is 16.4. The minimum Gasteiger partial charge on any atom is -0.479 e. The highest BCUT2D eigenvalue weighted by Gasteiger charge is 2.20. The third-order valence-electron chi connectivity index (χ3n) is 5.57. The Morgan fingerprint density at radius 3 is 2.00 bits per heavy atom. The normalized spacial score (nSPS) is 18.3. The quantitative estimate of drug-likeness (QED) is 0.489. The van der Waals surface area contributed by atoms with E-state index in [1.54, 1.807) is 0 Å². The Balaban J connectivity index is 0.000000501. The lowest BCUT2D eigenvalue weighted by atomic mass is 9.81. The molecule has 1 aliphatic rings. The van der Waals surface area contributed by atoms with Crippen LogP contribution in [-0.4, -0.2) is 35.4 Å². The van der Waals surface area contributed by atoms with Gasteiger partial charge in [0.05, 0.1) is 0 Å². The van der Waals surface area contributed by atoms with Crippen molar-refractivity contribution in [2.75, 3.05) is 13.1 Å². The van der Waals surface area contributed by atoms with Gasteiger partial charge in [0, 0.05) is 5.92 Å². The second-order valence-electron chi connectivity index (χ2n) is 8.32. The zero-order valence-electron chi connectivity index (χ0n) is 18.6. The molecular weight excluding hydrogens is 386 g/mol. The van der Waals surface area contributed by atoms with Gasteiger partial charge in [-0.3, -0.25) is 0 Å². The first kappa shape index (κ1) is 24.6. The van der Waals surface area contributed by atoms with Crippen molar-refractivity contribution in [2.45, 2.75) is 45.1 Å². The van der Waals surface area contributed by atoms with Crippen molar-refractivity contribution in [2.24, 2.45) is 5.41 Å². The first-order valence-electron chi connectivity index (χ1n) is 11.0. The molecule has 0 saturated heterocycles. The van der Waals surface area contributed by atoms with Gasteiger partial charge in [0.1, 0.15) is 6.10 Å². The molecule has 2 aromatic carbocycles. The molecule has 2 unspecified atom stereocenters. The zero-order chi connectivity index (χ0) is 22.5. The highest BCUT2D eigenvalue weighted by Crippen LogP contribution is 2.30. The van der Waals surface area contributed by atoms with Gasteiger partial charge in [0.15, 0.2) is 0 Å². The molecule has 4 nitrogen and oxygen atoms in total. The molecule has 2 atom stereocenters. The van der Waals surface area contributed by atoms with Gasteiger partial charge in [-0.15, -0.1) is 0 Å². The fourth-order valence-corrected chi connectivity index (χ4v) is 3.60. The number of carboxylic acids is 1. The number of carbonyl (C=O) groups is 1. The molecule has 0 heterocycles. The molecule has 0 spiro atoms. The number of aliphatic hydroxyl groups excluding tert-OH is 1. The third kappa shape index (κ3) is 8.91. The minimum atomic E-state index is -1.23. The van der Waals surface area contributed by atoms with Crippen molar-refractivity contribution in [3.63, 3.8) is 0 Å². The van der Waals surface area contributed by atoms with E-state index in [4.69, 9.17) is 10.2 Å². The van der Waals surface area contributed by atoms with E-state index in [2.05, 4.69) is 97.2 Å². The lowest BCUT2D eigenvalue weighted by Crippen LogP contribution is -2.25. The third-order valence-corrected chi connectivity index (χ3v) is 5.57. The molecule has 0 radical (unpaired) electrons. The van der Waals surface area contributed by atoms with E-state index in [-0.39, 0.29) is 0 Å². The summed E-state index contributed by atoms with van der Waals surface area (Å²) >= 11 is 0. The Bertz CT molecular complexity index is 791. The molecule has 31 heavy (non-hydrogen) atoms. The second kappa shape index (κ2) is 12.9. The van der Waals surface area contributed by atoms with E-state index >= 15 is 0 Å². The van der Waals surface area contributed by atoms with E-state index < -0.39 is 12.1 Å². The summed E-state index contributed by atoms with van der Waals surface area (Å²) in [4.78, 5) is 9.45. The number of nitrogens with one attached hydrogen (secondary N) is 1. The molecule has 0 amide bonds. The van der Waals surface area contributed by atoms with Gasteiger partial charge in [-0.05, 0) is 55.8 Å². The molecular formula is C27H35NO3. The number of rotatable bonds is 9. The Morgan fingerprint density at radius 1 is 1.00 bits per heavy atom. The molecule has 1 aliphatic carbocycles. The van der Waals surface area contributed by atoms with Gasteiger partial charge in [-0.2, -0.15) is 0 Å². The lowest BCUT2D eigenvalue weighted by molar-refractivity contribution is -0.145. The monoisotopic (exact) mass is 421 g/mol. The summed E-state index contributed by atoms with van der Waals surface area (Å²) < 4.78 is 0. The van der Waals surface area contributed by atoms with Crippen LogP contribution in [0.3, 0.4) is 0 Å². The highest BCUT2D eigenvalue weighted by molar-refractivity contribution is 5.71. The standard InChI is InChI=1S/C24H29N.C3H6O3/c1-24(16-9-4-10-17-24)18-20-25-19-15-23(21-11-5-2-6-12-21)22-13-7-3-8-14-22;1-2(4)3(5)6/h2-14,16,23,25H,15,17-20H2,1H3;2,4H,1H3,(H,5,6). The summed E-state index contributed by atoms with van der Waals surface area (Å²) in [6, 6.07) is 21.7. The van der Waals surface area contributed by atoms with E-state index in [0.717, 1.165) is 25.9 Å². The molecule has 0 aromatic heterocycles. The molecule has 0 aliphatic heterocycles. The Labute approximate surface area is 186 Å². The van der Waals surface area contributed by atoms with Crippen LogP contribution in [0.2, 0.25) is 0 Å². The molecule has 3 rings (SSSR count). The van der Waals surface area contributed by atoms with E-state index in [9.17, 15) is 4.79 Å². The van der Waals surface area contributed by atoms with E-state index in [0.29, 0.717) is 11.3 Å². The predicted octanol–water partition coefficient (Wildman–Crippen LogP) is 5.16. The Morgan fingerprint density at radius 2 is 1.55 bits per heavy atom. The van der Waals surface area contributed by atoms with Crippen LogP contribution in [0.15, 0.2) is 85.0 Å². The van der Waals surface area contributed by atoms with Crippen LogP contribution in [0.1, 0.15) is 50.2 Å². The van der Waals surface area contributed by atoms with Gasteiger partial charge in [-0.1, -0.05) is 91.9 Å². The van der Waals surface area contributed by atoms with E-state index in [1.165, 1.54) is 24.5 Å². The van der Waals surface area contributed by atoms with Crippen molar-refractivity contribution in [1.29, 1.82) is 0 Å². The Hall–Kier alpha value is -2.69. The van der Waals surface area contributed by atoms with Crippen LogP contribution in [0.25, 0.3) is 0 Å². The molecule has 2 aromatic rings. The molecule has 0 bridgehead atoms. The van der Waals surface area contributed by atoms with Gasteiger partial charge in [0.2, 0.25) is 0 Å². The van der Waals surface area contributed by atoms with Crippen LogP contribution in [0.4, 0.5) is 0 Å². The first-order valence-corrected chi connectivity index (χ1v) is 11.0. The SMILES string of the molecule is CC(O)C(=O)O.CC1(CCNCCC(c2ccccc2)c2ccccc2)C=CC=CC1. The summed E-state index contributed by atoms with van der Waals surface area (Å²) in [6.45, 7) is 5.67. The number of aliphatic hydroxyl groups is 1. The maximum Gasteiger partial charge on any atom is 0.332 e. The molecule has 166 valence electrons. The van der Waals surface area contributed by atoms with Crippen molar-refractivity contribution < 1.29 is 15.0 Å². The predicted molar refractivity (Wildman–Crippen MR) is 127 cm³/mol. The first-order chi connectivity index (χ1) is 14.9. The topological polar surface area (TPSA) is 69.6 Å². The number of carboxylic acid groups (broad SMARTS) is 1. The van der Waals surface area contributed by atoms with Gasteiger partial charge in [-0.25, -0.2) is 4.79 Å². The minimum absolute atomic E-state index is 0.319. The van der Waals surface area contributed by atoms with Gasteiger partial charge >= 0.3 is 5.97 Å². The van der Waals surface area contributed by atoms with Gasteiger partial charge in [0.25, 0.3) is 0 Å². The van der Waals surface area contributed by atoms with Crippen LogP contribution in [-0.2, 0) is 4.79 Å². The number of benzene rings is 2. The fourth-order valence-electron chi connectivity index (χ4n) is 3.60. The Kier molecular flexibility index (Phi) is 10.2. The lowest BCUT2D eigenvalue weighted by Gasteiger charge is -2.26. The maximum absolute atomic E-state index is 9.45. The van der Waals surface area contributed by atoms with Crippen molar-refractivity contribution in [1.82, 2.24) is 5.32 Å². The zero-order valence-corrected chi connectivity index (χ0v) is 18.6. The van der Waals surface area contributed by atoms with Crippen LogP contribution < -0.4 is 5.32 Å². The molecule has 4 heteroatoms. The number of aliphatic carboxylic acids is 1. The largest absolute Gasteiger partial charge is 0.479 e. The fraction of sp³-hybridized carbons (Fsp3) is 0.370. The summed E-state index contributed by atoms with van der Waals surface area (Å²) in [6.07, 6.45) is 11.2. The molecule has 0 fully saturated rings. The summed E-state index contributed by atoms with van der Waals surface area (Å²) in [5, 5.41) is 19.4. The van der Waals surface area contributed by atoms with Crippen LogP contribution >= 0.6 is 0 Å². The number of hydrogen-bond donors (Lipinski definition) is 3. The van der Waals surface area contributed by atoms with Crippen molar-refractivity contribution >= 4 is 5.97 Å². The summed E-state index contributed by atoms with van der Waals surface area (Å²) in [5.74, 6) is -0.724. The van der Waals surface area contributed by atoms with Crippen LogP contribution in [0, 0.1) is 5.41 Å². The summed E-state index contributed by atoms with van der Waals surface area (Å²) in [7, 11) is 0. The average molecular weight is 422 g/mol. The van der Waals surface area contributed by atoms with E-state index in [1.807, 2.05) is 0 Å². The second-order valence-corrected chi connectivity index (χ2v) is 8.32. The van der Waals surface area contributed by atoms with Crippen molar-refractivity contribution in [3.8, 4) is 0 Å². The summed E-state index contributed by atoms with van der Waals surface area (Å²) in [5.41, 5.74) is 3.13. The molecule has 3 N–H and O–H groups in total. The molecule has 0 saturated carbocycles. The average Bonchev–Trinajstić information content (AvgIpc) is 2.78. The smallest absolute Gasteiger partial charge is 0.332 e.